The first-order valence-corrected chi connectivity index (χ1v) is 7.59. The molecular weight excluding hydrogens is 290 g/mol. The second-order valence-electron chi connectivity index (χ2n) is 4.82. The Kier molecular flexibility index (Phi) is 4.95. The molecule has 0 aliphatic heterocycles. The molecule has 21 heavy (non-hydrogen) atoms. The fraction of sp³-hybridized carbons (Fsp3) is 0.500. The number of rotatable bonds is 6. The Morgan fingerprint density at radius 1 is 1.52 bits per heavy atom. The number of methoxy groups -OCH3 is 1. The van der Waals surface area contributed by atoms with E-state index in [1.807, 2.05) is 26.2 Å². The molecular formula is C14H19N3O3S. The number of carbonyl (C=O) groups excluding carboxylic acids is 1. The number of nitrogens with one attached hydrogen (secondary N) is 1. The SMILES string of the molecule is COC(=O)CCc1csc(NC(C)c2c(C)noc2C)n1. The molecule has 2 aromatic rings. The third kappa shape index (κ3) is 3.81. The molecule has 2 rings (SSSR count). The second kappa shape index (κ2) is 6.71. The van der Waals surface area contributed by atoms with Crippen LogP contribution < -0.4 is 5.32 Å². The summed E-state index contributed by atoms with van der Waals surface area (Å²) in [6.45, 7) is 5.87. The molecule has 1 N–H and O–H groups in total. The molecule has 0 spiro atoms. The van der Waals surface area contributed by atoms with Gasteiger partial charge in [0.1, 0.15) is 5.76 Å². The van der Waals surface area contributed by atoms with E-state index < -0.39 is 0 Å². The number of aromatic nitrogens is 2. The molecule has 0 aliphatic rings. The molecule has 2 aromatic heterocycles. The Bertz CT molecular complexity index is 601. The van der Waals surface area contributed by atoms with Crippen LogP contribution in [0, 0.1) is 13.8 Å². The van der Waals surface area contributed by atoms with Gasteiger partial charge in [-0.15, -0.1) is 11.3 Å². The summed E-state index contributed by atoms with van der Waals surface area (Å²) in [4.78, 5) is 15.6. The van der Waals surface area contributed by atoms with E-state index >= 15 is 0 Å². The maximum absolute atomic E-state index is 11.1. The van der Waals surface area contributed by atoms with E-state index in [9.17, 15) is 4.79 Å². The summed E-state index contributed by atoms with van der Waals surface area (Å²) in [5.41, 5.74) is 2.83. The highest BCUT2D eigenvalue weighted by Gasteiger charge is 2.17. The molecule has 1 unspecified atom stereocenters. The largest absolute Gasteiger partial charge is 0.469 e. The maximum atomic E-state index is 11.1. The van der Waals surface area contributed by atoms with E-state index in [4.69, 9.17) is 4.52 Å². The zero-order valence-electron chi connectivity index (χ0n) is 12.6. The van der Waals surface area contributed by atoms with Gasteiger partial charge < -0.3 is 14.6 Å². The summed E-state index contributed by atoms with van der Waals surface area (Å²) in [6, 6.07) is 0.0656. The van der Waals surface area contributed by atoms with Crippen LogP contribution in [0.15, 0.2) is 9.90 Å². The van der Waals surface area contributed by atoms with Crippen LogP contribution in [0.1, 0.15) is 42.1 Å². The number of carbonyl (C=O) groups is 1. The molecule has 0 aromatic carbocycles. The zero-order chi connectivity index (χ0) is 15.4. The molecule has 6 nitrogen and oxygen atoms in total. The van der Waals surface area contributed by atoms with Crippen molar-refractivity contribution in [2.24, 2.45) is 0 Å². The highest BCUT2D eigenvalue weighted by Crippen LogP contribution is 2.26. The number of ether oxygens (including phenoxy) is 1. The maximum Gasteiger partial charge on any atom is 0.305 e. The number of thiazole rings is 1. The lowest BCUT2D eigenvalue weighted by molar-refractivity contribution is -0.140. The third-order valence-corrected chi connectivity index (χ3v) is 4.05. The monoisotopic (exact) mass is 309 g/mol. The van der Waals surface area contributed by atoms with Crippen LogP contribution in [0.3, 0.4) is 0 Å². The zero-order valence-corrected chi connectivity index (χ0v) is 13.4. The summed E-state index contributed by atoms with van der Waals surface area (Å²) in [6.07, 6.45) is 0.934. The third-order valence-electron chi connectivity index (χ3n) is 3.23. The van der Waals surface area contributed by atoms with Gasteiger partial charge >= 0.3 is 5.97 Å². The molecule has 2 heterocycles. The average molecular weight is 309 g/mol. The van der Waals surface area contributed by atoms with Crippen LogP contribution in [-0.4, -0.2) is 23.2 Å². The van der Waals surface area contributed by atoms with Crippen LogP contribution >= 0.6 is 11.3 Å². The van der Waals surface area contributed by atoms with Gasteiger partial charge in [-0.3, -0.25) is 4.79 Å². The Hall–Kier alpha value is -1.89. The van der Waals surface area contributed by atoms with Crippen LogP contribution in [0.5, 0.6) is 0 Å². The second-order valence-corrected chi connectivity index (χ2v) is 5.68. The molecule has 7 heteroatoms. The summed E-state index contributed by atoms with van der Waals surface area (Å²) >= 11 is 1.52. The van der Waals surface area contributed by atoms with Gasteiger partial charge in [0, 0.05) is 17.4 Å². The fourth-order valence-electron chi connectivity index (χ4n) is 2.19. The molecule has 0 amide bonds. The van der Waals surface area contributed by atoms with E-state index in [0.29, 0.717) is 12.8 Å². The highest BCUT2D eigenvalue weighted by molar-refractivity contribution is 7.13. The summed E-state index contributed by atoms with van der Waals surface area (Å²) in [5, 5.41) is 10.1. The van der Waals surface area contributed by atoms with Crippen molar-refractivity contribution >= 4 is 22.4 Å². The topological polar surface area (TPSA) is 77.2 Å². The van der Waals surface area contributed by atoms with E-state index in [-0.39, 0.29) is 12.0 Å². The van der Waals surface area contributed by atoms with Crippen molar-refractivity contribution in [3.63, 3.8) is 0 Å². The van der Waals surface area contributed by atoms with Crippen molar-refractivity contribution < 1.29 is 14.1 Å². The Morgan fingerprint density at radius 2 is 2.29 bits per heavy atom. The first-order chi connectivity index (χ1) is 10.0. The number of hydrogen-bond acceptors (Lipinski definition) is 7. The van der Waals surface area contributed by atoms with Crippen LogP contribution in [0.2, 0.25) is 0 Å². The van der Waals surface area contributed by atoms with Crippen molar-refractivity contribution in [3.8, 4) is 0 Å². The standard InChI is InChI=1S/C14H19N3O3S/c1-8(13-9(2)17-20-10(13)3)15-14-16-11(7-21-14)5-6-12(18)19-4/h7-8H,5-6H2,1-4H3,(H,15,16). The van der Waals surface area contributed by atoms with Gasteiger partial charge in [-0.05, 0) is 20.8 Å². The normalized spacial score (nSPS) is 12.2. The molecule has 114 valence electrons. The minimum Gasteiger partial charge on any atom is -0.469 e. The number of esters is 1. The van der Waals surface area contributed by atoms with Crippen molar-refractivity contribution in [1.29, 1.82) is 0 Å². The highest BCUT2D eigenvalue weighted by atomic mass is 32.1. The number of nitrogens with zero attached hydrogens (tertiary/aromatic N) is 2. The van der Waals surface area contributed by atoms with Crippen molar-refractivity contribution in [1.82, 2.24) is 10.1 Å². The predicted molar refractivity (Wildman–Crippen MR) is 80.5 cm³/mol. The fourth-order valence-corrected chi connectivity index (χ4v) is 3.02. The smallest absolute Gasteiger partial charge is 0.305 e. The Balaban J connectivity index is 1.97. The molecule has 0 bridgehead atoms. The van der Waals surface area contributed by atoms with Gasteiger partial charge in [0.15, 0.2) is 5.13 Å². The van der Waals surface area contributed by atoms with E-state index in [1.165, 1.54) is 18.4 Å². The summed E-state index contributed by atoms with van der Waals surface area (Å²) in [5.74, 6) is 0.594. The van der Waals surface area contributed by atoms with E-state index in [0.717, 1.165) is 27.8 Å². The molecule has 0 saturated heterocycles. The minimum atomic E-state index is -0.221. The van der Waals surface area contributed by atoms with Gasteiger partial charge in [-0.1, -0.05) is 5.16 Å². The minimum absolute atomic E-state index is 0.0656. The number of anilines is 1. The first kappa shape index (κ1) is 15.5. The van der Waals surface area contributed by atoms with Gasteiger partial charge in [-0.25, -0.2) is 4.98 Å². The Morgan fingerprint density at radius 3 is 2.90 bits per heavy atom. The average Bonchev–Trinajstić information content (AvgIpc) is 3.03. The molecule has 0 saturated carbocycles. The number of aryl methyl sites for hydroxylation is 3. The van der Waals surface area contributed by atoms with Crippen molar-refractivity contribution in [3.05, 3.63) is 28.1 Å². The molecule has 0 radical (unpaired) electrons. The molecule has 1 atom stereocenters. The first-order valence-electron chi connectivity index (χ1n) is 6.71. The van der Waals surface area contributed by atoms with Crippen molar-refractivity contribution in [2.45, 2.75) is 39.7 Å². The van der Waals surface area contributed by atoms with Crippen molar-refractivity contribution in [2.75, 3.05) is 12.4 Å². The van der Waals surface area contributed by atoms with Gasteiger partial charge in [0.25, 0.3) is 0 Å². The lowest BCUT2D eigenvalue weighted by atomic mass is 10.1. The predicted octanol–water partition coefficient (Wildman–Crippen LogP) is 3.03. The number of hydrogen-bond donors (Lipinski definition) is 1. The van der Waals surface area contributed by atoms with Crippen LogP contribution in [0.25, 0.3) is 0 Å². The van der Waals surface area contributed by atoms with Gasteiger partial charge in [0.05, 0.1) is 31.0 Å². The summed E-state index contributed by atoms with van der Waals surface area (Å²) in [7, 11) is 1.39. The quantitative estimate of drug-likeness (QED) is 0.826. The summed E-state index contributed by atoms with van der Waals surface area (Å²) < 4.78 is 9.80. The molecule has 0 aliphatic carbocycles. The molecule has 0 fully saturated rings. The lowest BCUT2D eigenvalue weighted by Gasteiger charge is -2.12. The van der Waals surface area contributed by atoms with Crippen LogP contribution in [0.4, 0.5) is 5.13 Å². The van der Waals surface area contributed by atoms with Crippen LogP contribution in [-0.2, 0) is 16.0 Å². The van der Waals surface area contributed by atoms with Gasteiger partial charge in [0.2, 0.25) is 0 Å². The lowest BCUT2D eigenvalue weighted by Crippen LogP contribution is -2.08. The van der Waals surface area contributed by atoms with E-state index in [1.54, 1.807) is 0 Å². The van der Waals surface area contributed by atoms with E-state index in [2.05, 4.69) is 20.2 Å². The van der Waals surface area contributed by atoms with Gasteiger partial charge in [-0.2, -0.15) is 0 Å². The Labute approximate surface area is 127 Å².